The van der Waals surface area contributed by atoms with Crippen molar-refractivity contribution in [3.8, 4) is 0 Å². The normalized spacial score (nSPS) is 20.8. The molecule has 12 heavy (non-hydrogen) atoms. The highest BCUT2D eigenvalue weighted by Gasteiger charge is 2.15. The van der Waals surface area contributed by atoms with Crippen molar-refractivity contribution in [1.29, 1.82) is 0 Å². The van der Waals surface area contributed by atoms with E-state index in [-0.39, 0.29) is 5.91 Å². The van der Waals surface area contributed by atoms with Crippen molar-refractivity contribution in [2.24, 2.45) is 0 Å². The summed E-state index contributed by atoms with van der Waals surface area (Å²) >= 11 is 0. The molecule has 0 spiro atoms. The smallest absolute Gasteiger partial charge is 0.221 e. The van der Waals surface area contributed by atoms with Crippen LogP contribution in [-0.2, 0) is 4.79 Å². The van der Waals surface area contributed by atoms with Crippen molar-refractivity contribution < 1.29 is 4.79 Å². The Morgan fingerprint density at radius 1 is 1.58 bits per heavy atom. The average molecular weight is 171 g/mol. The standard InChI is InChI=1S/C8H17N3O/c1-3-10(2)11-6-4-8(12)9-5-7-11/h3-7H2,1-2H3,(H,9,12). The summed E-state index contributed by atoms with van der Waals surface area (Å²) in [5.41, 5.74) is 0. The Bertz CT molecular complexity index is 160. The molecule has 1 N–H and O–H groups in total. The maximum Gasteiger partial charge on any atom is 0.221 e. The van der Waals surface area contributed by atoms with Crippen LogP contribution in [0, 0.1) is 0 Å². The molecule has 0 aromatic heterocycles. The monoisotopic (exact) mass is 171 g/mol. The molecule has 0 aliphatic carbocycles. The summed E-state index contributed by atoms with van der Waals surface area (Å²) < 4.78 is 0. The quantitative estimate of drug-likeness (QED) is 0.618. The van der Waals surface area contributed by atoms with Crippen molar-refractivity contribution in [3.63, 3.8) is 0 Å². The maximum atomic E-state index is 11.0. The number of amides is 1. The second-order valence-corrected chi connectivity index (χ2v) is 3.03. The number of nitrogens with one attached hydrogen (secondary N) is 1. The van der Waals surface area contributed by atoms with Crippen molar-refractivity contribution in [1.82, 2.24) is 15.3 Å². The summed E-state index contributed by atoms with van der Waals surface area (Å²) in [4.78, 5) is 11.0. The summed E-state index contributed by atoms with van der Waals surface area (Å²) in [5.74, 6) is 0.169. The number of carbonyl (C=O) groups is 1. The van der Waals surface area contributed by atoms with Crippen molar-refractivity contribution in [2.45, 2.75) is 13.3 Å². The summed E-state index contributed by atoms with van der Waals surface area (Å²) in [5, 5.41) is 7.21. The molecular formula is C8H17N3O. The molecule has 0 aromatic carbocycles. The molecule has 0 atom stereocenters. The van der Waals surface area contributed by atoms with E-state index in [9.17, 15) is 4.79 Å². The van der Waals surface area contributed by atoms with Gasteiger partial charge in [0.2, 0.25) is 5.91 Å². The zero-order valence-corrected chi connectivity index (χ0v) is 7.84. The van der Waals surface area contributed by atoms with Gasteiger partial charge in [0.05, 0.1) is 0 Å². The minimum absolute atomic E-state index is 0.169. The Balaban J connectivity index is 2.40. The molecule has 0 radical (unpaired) electrons. The molecule has 4 heteroatoms. The minimum atomic E-state index is 0.169. The third kappa shape index (κ3) is 2.46. The molecule has 1 aliphatic heterocycles. The van der Waals surface area contributed by atoms with Gasteiger partial charge in [-0.25, -0.2) is 10.0 Å². The van der Waals surface area contributed by atoms with Gasteiger partial charge in [0.25, 0.3) is 0 Å². The average Bonchev–Trinajstić information content (AvgIpc) is 2.29. The van der Waals surface area contributed by atoms with Crippen LogP contribution in [0.2, 0.25) is 0 Å². The van der Waals surface area contributed by atoms with Gasteiger partial charge in [0, 0.05) is 39.6 Å². The summed E-state index contributed by atoms with van der Waals surface area (Å²) in [6, 6.07) is 0. The lowest BCUT2D eigenvalue weighted by Crippen LogP contribution is -2.41. The highest BCUT2D eigenvalue weighted by atomic mass is 16.1. The molecule has 1 fully saturated rings. The fourth-order valence-corrected chi connectivity index (χ4v) is 1.30. The van der Waals surface area contributed by atoms with Crippen LogP contribution in [0.5, 0.6) is 0 Å². The lowest BCUT2D eigenvalue weighted by Gasteiger charge is -2.28. The van der Waals surface area contributed by atoms with Gasteiger partial charge in [-0.3, -0.25) is 4.79 Å². The number of rotatable bonds is 2. The first-order valence-electron chi connectivity index (χ1n) is 4.46. The van der Waals surface area contributed by atoms with E-state index in [1.54, 1.807) is 0 Å². The van der Waals surface area contributed by atoms with Gasteiger partial charge in [-0.15, -0.1) is 0 Å². The van der Waals surface area contributed by atoms with Gasteiger partial charge in [-0.1, -0.05) is 6.92 Å². The molecule has 70 valence electrons. The molecule has 0 unspecified atom stereocenters. The third-order valence-corrected chi connectivity index (χ3v) is 2.23. The summed E-state index contributed by atoms with van der Waals surface area (Å²) in [6.45, 7) is 5.64. The van der Waals surface area contributed by atoms with Crippen LogP contribution >= 0.6 is 0 Å². The highest BCUT2D eigenvalue weighted by Crippen LogP contribution is 1.99. The lowest BCUT2D eigenvalue weighted by molar-refractivity contribution is -0.120. The zero-order valence-electron chi connectivity index (χ0n) is 7.84. The molecule has 1 saturated heterocycles. The van der Waals surface area contributed by atoms with E-state index in [4.69, 9.17) is 0 Å². The predicted molar refractivity (Wildman–Crippen MR) is 47.5 cm³/mol. The van der Waals surface area contributed by atoms with Crippen LogP contribution in [0.3, 0.4) is 0 Å². The van der Waals surface area contributed by atoms with Crippen molar-refractivity contribution in [3.05, 3.63) is 0 Å². The van der Waals surface area contributed by atoms with Gasteiger partial charge >= 0.3 is 0 Å². The first kappa shape index (κ1) is 9.48. The van der Waals surface area contributed by atoms with E-state index < -0.39 is 0 Å². The van der Waals surface area contributed by atoms with E-state index in [2.05, 4.69) is 29.3 Å². The number of nitrogens with zero attached hydrogens (tertiary/aromatic N) is 2. The van der Waals surface area contributed by atoms with Crippen LogP contribution in [0.1, 0.15) is 13.3 Å². The lowest BCUT2D eigenvalue weighted by atomic mass is 10.4. The highest BCUT2D eigenvalue weighted by molar-refractivity contribution is 5.76. The fraction of sp³-hybridized carbons (Fsp3) is 0.875. The number of hydrazine groups is 1. The third-order valence-electron chi connectivity index (χ3n) is 2.23. The van der Waals surface area contributed by atoms with Gasteiger partial charge in [0.1, 0.15) is 0 Å². The Kier molecular flexibility index (Phi) is 3.49. The molecule has 1 rings (SSSR count). The van der Waals surface area contributed by atoms with Crippen LogP contribution in [0.25, 0.3) is 0 Å². The van der Waals surface area contributed by atoms with Crippen molar-refractivity contribution in [2.75, 3.05) is 33.2 Å². The van der Waals surface area contributed by atoms with Gasteiger partial charge < -0.3 is 5.32 Å². The second-order valence-electron chi connectivity index (χ2n) is 3.03. The topological polar surface area (TPSA) is 35.6 Å². The fourth-order valence-electron chi connectivity index (χ4n) is 1.30. The Labute approximate surface area is 73.5 Å². The molecule has 1 aliphatic rings. The first-order valence-corrected chi connectivity index (χ1v) is 4.46. The van der Waals surface area contributed by atoms with Crippen LogP contribution in [0.4, 0.5) is 0 Å². The predicted octanol–water partition coefficient (Wildman–Crippen LogP) is -0.325. The maximum absolute atomic E-state index is 11.0. The van der Waals surface area contributed by atoms with E-state index in [0.717, 1.165) is 26.2 Å². The number of carbonyl (C=O) groups excluding carboxylic acids is 1. The van der Waals surface area contributed by atoms with Crippen LogP contribution in [0.15, 0.2) is 0 Å². The summed E-state index contributed by atoms with van der Waals surface area (Å²) in [6.07, 6.45) is 0.615. The van der Waals surface area contributed by atoms with Gasteiger partial charge in [-0.2, -0.15) is 0 Å². The largest absolute Gasteiger partial charge is 0.355 e. The van der Waals surface area contributed by atoms with E-state index in [0.29, 0.717) is 6.42 Å². The molecule has 0 saturated carbocycles. The van der Waals surface area contributed by atoms with Crippen molar-refractivity contribution >= 4 is 5.91 Å². The van der Waals surface area contributed by atoms with Crippen LogP contribution in [-0.4, -0.2) is 49.2 Å². The Hall–Kier alpha value is -0.610. The summed E-state index contributed by atoms with van der Waals surface area (Å²) in [7, 11) is 2.05. The second kappa shape index (κ2) is 4.42. The van der Waals surface area contributed by atoms with E-state index in [1.807, 2.05) is 0 Å². The van der Waals surface area contributed by atoms with Gasteiger partial charge in [0.15, 0.2) is 0 Å². The Morgan fingerprint density at radius 3 is 3.00 bits per heavy atom. The minimum Gasteiger partial charge on any atom is -0.355 e. The van der Waals surface area contributed by atoms with Crippen LogP contribution < -0.4 is 5.32 Å². The molecule has 0 aromatic rings. The Morgan fingerprint density at radius 2 is 2.33 bits per heavy atom. The molecule has 1 heterocycles. The molecule has 1 amide bonds. The van der Waals surface area contributed by atoms with Gasteiger partial charge in [-0.05, 0) is 0 Å². The zero-order chi connectivity index (χ0) is 8.97. The SMILES string of the molecule is CCN(C)N1CCNC(=O)CC1. The van der Waals surface area contributed by atoms with E-state index in [1.165, 1.54) is 0 Å². The molecular weight excluding hydrogens is 154 g/mol. The molecule has 0 bridgehead atoms. The first-order chi connectivity index (χ1) is 5.74. The molecule has 4 nitrogen and oxygen atoms in total. The number of hydrogen-bond acceptors (Lipinski definition) is 3. The number of hydrogen-bond donors (Lipinski definition) is 1. The van der Waals surface area contributed by atoms with E-state index >= 15 is 0 Å².